The summed E-state index contributed by atoms with van der Waals surface area (Å²) < 4.78 is 16.5. The van der Waals surface area contributed by atoms with Gasteiger partial charge in [0.15, 0.2) is 0 Å². The molecule has 1 saturated heterocycles. The minimum Gasteiger partial charge on any atom is -0.490 e. The molecule has 8 nitrogen and oxygen atoms in total. The molecule has 0 bridgehead atoms. The predicted molar refractivity (Wildman–Crippen MR) is 138 cm³/mol. The van der Waals surface area contributed by atoms with Crippen molar-refractivity contribution in [2.24, 2.45) is 0 Å². The van der Waals surface area contributed by atoms with Gasteiger partial charge in [0.05, 0.1) is 18.8 Å². The molecule has 8 heteroatoms. The van der Waals surface area contributed by atoms with E-state index in [9.17, 15) is 10.1 Å². The SMILES string of the molecule is COC(=O)C(C)(C)N1CCC2(CCc3c(-c4noc(-c5ccc(C#N)c(OC(C)C)c5)n4)cccc32)C1. The van der Waals surface area contributed by atoms with Crippen LogP contribution >= 0.6 is 0 Å². The Labute approximate surface area is 217 Å². The lowest BCUT2D eigenvalue weighted by atomic mass is 9.80. The number of nitrogens with zero attached hydrogens (tertiary/aromatic N) is 4. The van der Waals surface area contributed by atoms with Gasteiger partial charge in [-0.3, -0.25) is 9.69 Å². The minimum absolute atomic E-state index is 0.000583. The van der Waals surface area contributed by atoms with Crippen LogP contribution in [0.25, 0.3) is 22.8 Å². The second kappa shape index (κ2) is 9.31. The molecule has 0 radical (unpaired) electrons. The Bertz CT molecular complexity index is 1390. The molecule has 192 valence electrons. The fourth-order valence-corrected chi connectivity index (χ4v) is 5.76. The van der Waals surface area contributed by atoms with Crippen molar-refractivity contribution in [3.05, 3.63) is 53.1 Å². The maximum atomic E-state index is 12.4. The Morgan fingerprint density at radius 1 is 1.24 bits per heavy atom. The number of fused-ring (bicyclic) bond motifs is 2. The number of carbonyl (C=O) groups is 1. The number of aromatic nitrogens is 2. The molecule has 2 aliphatic rings. The van der Waals surface area contributed by atoms with Gasteiger partial charge < -0.3 is 14.0 Å². The number of likely N-dealkylation sites (tertiary alicyclic amines) is 1. The molecule has 2 heterocycles. The topological polar surface area (TPSA) is 101 Å². The van der Waals surface area contributed by atoms with Gasteiger partial charge in [-0.15, -0.1) is 0 Å². The summed E-state index contributed by atoms with van der Waals surface area (Å²) in [5.41, 5.74) is 4.03. The lowest BCUT2D eigenvalue weighted by Gasteiger charge is -2.34. The average molecular weight is 501 g/mol. The third kappa shape index (κ3) is 4.27. The zero-order chi connectivity index (χ0) is 26.4. The first-order chi connectivity index (χ1) is 17.7. The zero-order valence-corrected chi connectivity index (χ0v) is 22.0. The van der Waals surface area contributed by atoms with Crippen molar-refractivity contribution in [1.82, 2.24) is 15.0 Å². The van der Waals surface area contributed by atoms with E-state index in [-0.39, 0.29) is 17.5 Å². The second-order valence-corrected chi connectivity index (χ2v) is 10.7. The van der Waals surface area contributed by atoms with Crippen LogP contribution in [0.15, 0.2) is 40.9 Å². The standard InChI is InChI=1S/C29H32N4O4/c1-18(2)36-24-15-19(9-10-20(24)16-30)26-31-25(32-37-26)22-7-6-8-23-21(22)11-12-29(23)13-14-33(17-29)28(3,4)27(34)35-5/h6-10,15,18H,11-14,17H2,1-5H3. The molecule has 1 aromatic heterocycles. The lowest BCUT2D eigenvalue weighted by molar-refractivity contribution is -0.152. The maximum absolute atomic E-state index is 12.4. The first-order valence-corrected chi connectivity index (χ1v) is 12.7. The van der Waals surface area contributed by atoms with E-state index in [4.69, 9.17) is 19.0 Å². The predicted octanol–water partition coefficient (Wildman–Crippen LogP) is 4.90. The van der Waals surface area contributed by atoms with Crippen molar-refractivity contribution in [2.45, 2.75) is 64.0 Å². The van der Waals surface area contributed by atoms with Crippen LogP contribution in [0.5, 0.6) is 5.75 Å². The van der Waals surface area contributed by atoms with Crippen molar-refractivity contribution in [1.29, 1.82) is 5.26 Å². The lowest BCUT2D eigenvalue weighted by Crippen LogP contribution is -2.50. The fourth-order valence-electron chi connectivity index (χ4n) is 5.76. The first kappa shape index (κ1) is 25.0. The summed E-state index contributed by atoms with van der Waals surface area (Å²) in [6.45, 7) is 9.37. The van der Waals surface area contributed by atoms with Gasteiger partial charge in [-0.2, -0.15) is 10.2 Å². The molecule has 37 heavy (non-hydrogen) atoms. The number of esters is 1. The number of benzene rings is 2. The molecule has 0 saturated carbocycles. The van der Waals surface area contributed by atoms with Gasteiger partial charge in [-0.05, 0) is 76.3 Å². The van der Waals surface area contributed by atoms with Crippen LogP contribution in [0.3, 0.4) is 0 Å². The van der Waals surface area contributed by atoms with E-state index in [0.717, 1.165) is 37.9 Å². The highest BCUT2D eigenvalue weighted by Gasteiger charge is 2.50. The van der Waals surface area contributed by atoms with Crippen LogP contribution in [-0.4, -0.2) is 52.9 Å². The molecule has 2 aromatic carbocycles. The monoisotopic (exact) mass is 500 g/mol. The van der Waals surface area contributed by atoms with Crippen molar-refractivity contribution in [3.63, 3.8) is 0 Å². The zero-order valence-electron chi connectivity index (χ0n) is 22.0. The highest BCUT2D eigenvalue weighted by molar-refractivity contribution is 5.79. The smallest absolute Gasteiger partial charge is 0.325 e. The molecule has 3 aromatic rings. The van der Waals surface area contributed by atoms with E-state index >= 15 is 0 Å². The van der Waals surface area contributed by atoms with E-state index in [1.54, 1.807) is 18.2 Å². The van der Waals surface area contributed by atoms with E-state index in [0.29, 0.717) is 28.6 Å². The molecule has 1 unspecified atom stereocenters. The summed E-state index contributed by atoms with van der Waals surface area (Å²) in [7, 11) is 1.45. The van der Waals surface area contributed by atoms with Crippen LogP contribution in [0.4, 0.5) is 0 Å². The Balaban J connectivity index is 1.45. The van der Waals surface area contributed by atoms with Crippen molar-refractivity contribution >= 4 is 5.97 Å². The second-order valence-electron chi connectivity index (χ2n) is 10.7. The molecule has 1 aliphatic carbocycles. The van der Waals surface area contributed by atoms with Crippen LogP contribution in [0.1, 0.15) is 57.2 Å². The van der Waals surface area contributed by atoms with Gasteiger partial charge in [0.1, 0.15) is 17.4 Å². The Kier molecular flexibility index (Phi) is 6.28. The van der Waals surface area contributed by atoms with Crippen molar-refractivity contribution in [3.8, 4) is 34.7 Å². The van der Waals surface area contributed by atoms with E-state index < -0.39 is 5.54 Å². The molecular formula is C29H32N4O4. The Morgan fingerprint density at radius 2 is 2.05 bits per heavy atom. The molecule has 1 aliphatic heterocycles. The van der Waals surface area contributed by atoms with E-state index in [1.165, 1.54) is 18.2 Å². The number of methoxy groups -OCH3 is 1. The number of hydrogen-bond acceptors (Lipinski definition) is 8. The normalized spacial score (nSPS) is 19.3. The van der Waals surface area contributed by atoms with Gasteiger partial charge in [-0.1, -0.05) is 23.4 Å². The minimum atomic E-state index is -0.666. The van der Waals surface area contributed by atoms with Gasteiger partial charge >= 0.3 is 5.97 Å². The summed E-state index contributed by atoms with van der Waals surface area (Å²) in [5.74, 6) is 1.22. The summed E-state index contributed by atoms with van der Waals surface area (Å²) in [6, 6.07) is 13.8. The Morgan fingerprint density at radius 3 is 2.78 bits per heavy atom. The first-order valence-electron chi connectivity index (χ1n) is 12.7. The molecule has 1 atom stereocenters. The molecule has 1 fully saturated rings. The molecule has 5 rings (SSSR count). The third-order valence-electron chi connectivity index (χ3n) is 7.81. The quantitative estimate of drug-likeness (QED) is 0.440. The summed E-state index contributed by atoms with van der Waals surface area (Å²) in [6.07, 6.45) is 2.86. The van der Waals surface area contributed by atoms with Gasteiger partial charge in [0.25, 0.3) is 5.89 Å². The van der Waals surface area contributed by atoms with Crippen molar-refractivity contribution < 1.29 is 18.8 Å². The van der Waals surface area contributed by atoms with Gasteiger partial charge in [-0.25, -0.2) is 0 Å². The highest BCUT2D eigenvalue weighted by atomic mass is 16.5. The van der Waals surface area contributed by atoms with Gasteiger partial charge in [0, 0.05) is 29.6 Å². The average Bonchev–Trinajstić information content (AvgIpc) is 3.63. The van der Waals surface area contributed by atoms with Gasteiger partial charge in [0.2, 0.25) is 5.82 Å². The summed E-state index contributed by atoms with van der Waals surface area (Å²) >= 11 is 0. The molecule has 0 N–H and O–H groups in total. The Hall–Kier alpha value is -3.70. The molecule has 1 spiro atoms. The van der Waals surface area contributed by atoms with Crippen molar-refractivity contribution in [2.75, 3.05) is 20.2 Å². The number of carbonyl (C=O) groups excluding carboxylic acids is 1. The number of hydrogen-bond donors (Lipinski definition) is 0. The summed E-state index contributed by atoms with van der Waals surface area (Å²) in [5, 5.41) is 13.7. The summed E-state index contributed by atoms with van der Waals surface area (Å²) in [4.78, 5) is 19.4. The van der Waals surface area contributed by atoms with Crippen LogP contribution in [0, 0.1) is 11.3 Å². The van der Waals surface area contributed by atoms with Crippen LogP contribution in [-0.2, 0) is 21.4 Å². The fraction of sp³-hybridized carbons (Fsp3) is 0.448. The third-order valence-corrected chi connectivity index (χ3v) is 7.81. The number of ether oxygens (including phenoxy) is 2. The number of rotatable bonds is 6. The van der Waals surface area contributed by atoms with Crippen LogP contribution in [0.2, 0.25) is 0 Å². The molecule has 0 amide bonds. The van der Waals surface area contributed by atoms with Crippen LogP contribution < -0.4 is 4.74 Å². The van der Waals surface area contributed by atoms with E-state index in [1.807, 2.05) is 33.8 Å². The van der Waals surface area contributed by atoms with E-state index in [2.05, 4.69) is 28.3 Å². The highest BCUT2D eigenvalue weighted by Crippen LogP contribution is 2.49. The molecular weight excluding hydrogens is 468 g/mol. The number of nitriles is 1. The largest absolute Gasteiger partial charge is 0.490 e. The maximum Gasteiger partial charge on any atom is 0.325 e.